The second kappa shape index (κ2) is 5.09. The molecular weight excluding hydrogens is 218 g/mol. The zero-order chi connectivity index (χ0) is 12.3. The number of hydrogen-bond acceptors (Lipinski definition) is 5. The zero-order valence-electron chi connectivity index (χ0n) is 10.4. The van der Waals surface area contributed by atoms with E-state index in [1.54, 1.807) is 6.33 Å². The van der Waals surface area contributed by atoms with Gasteiger partial charge in [0.15, 0.2) is 0 Å². The van der Waals surface area contributed by atoms with Gasteiger partial charge in [-0.25, -0.2) is 0 Å². The number of hydrogen-bond donors (Lipinski definition) is 0. The Balaban J connectivity index is 1.82. The van der Waals surface area contributed by atoms with E-state index in [9.17, 15) is 0 Å². The van der Waals surface area contributed by atoms with E-state index in [1.807, 2.05) is 24.5 Å². The van der Waals surface area contributed by atoms with Gasteiger partial charge in [-0.1, -0.05) is 5.16 Å². The average Bonchev–Trinajstić information content (AvgIpc) is 2.85. The Labute approximate surface area is 100 Å². The van der Waals surface area contributed by atoms with Gasteiger partial charge in [-0.15, -0.1) is 10.2 Å². The summed E-state index contributed by atoms with van der Waals surface area (Å²) >= 11 is 0. The van der Waals surface area contributed by atoms with E-state index >= 15 is 0 Å². The van der Waals surface area contributed by atoms with Crippen molar-refractivity contribution in [3.05, 3.63) is 29.7 Å². The lowest BCUT2D eigenvalue weighted by Crippen LogP contribution is -2.23. The summed E-state index contributed by atoms with van der Waals surface area (Å²) < 4.78 is 7.07. The summed E-state index contributed by atoms with van der Waals surface area (Å²) in [5.41, 5.74) is 0.963. The molecule has 2 aromatic rings. The van der Waals surface area contributed by atoms with Crippen LogP contribution in [0.2, 0.25) is 0 Å². The lowest BCUT2D eigenvalue weighted by Gasteiger charge is -2.15. The minimum absolute atomic E-state index is 0.790. The molecule has 0 fully saturated rings. The van der Waals surface area contributed by atoms with E-state index in [4.69, 9.17) is 4.52 Å². The van der Waals surface area contributed by atoms with Gasteiger partial charge in [0.05, 0.1) is 5.69 Å². The van der Waals surface area contributed by atoms with Crippen LogP contribution >= 0.6 is 0 Å². The minimum atomic E-state index is 0.790. The lowest BCUT2D eigenvalue weighted by molar-refractivity contribution is 0.296. The molecule has 17 heavy (non-hydrogen) atoms. The summed E-state index contributed by atoms with van der Waals surface area (Å²) in [6, 6.07) is 1.96. The Morgan fingerprint density at radius 2 is 2.24 bits per heavy atom. The number of aromatic nitrogens is 4. The maximum absolute atomic E-state index is 5.03. The number of rotatable bonds is 5. The first kappa shape index (κ1) is 11.8. The smallest absolute Gasteiger partial charge is 0.133 e. The number of aryl methyl sites for hydroxylation is 2. The van der Waals surface area contributed by atoms with Crippen molar-refractivity contribution < 1.29 is 4.52 Å². The quantitative estimate of drug-likeness (QED) is 0.774. The molecule has 0 radical (unpaired) electrons. The molecule has 0 saturated carbocycles. The molecule has 0 atom stereocenters. The molecule has 0 aliphatic carbocycles. The molecule has 6 nitrogen and oxygen atoms in total. The standard InChI is InChI=1S/C11H17N5O/c1-9-6-11(14-17-9)7-15(3)4-5-16-8-12-13-10(16)2/h6,8H,4-5,7H2,1-3H3. The molecule has 2 heterocycles. The van der Waals surface area contributed by atoms with E-state index in [0.29, 0.717) is 0 Å². The molecule has 2 aromatic heterocycles. The average molecular weight is 235 g/mol. The van der Waals surface area contributed by atoms with Crippen molar-refractivity contribution in [2.24, 2.45) is 0 Å². The zero-order valence-corrected chi connectivity index (χ0v) is 10.4. The normalized spacial score (nSPS) is 11.3. The first-order chi connectivity index (χ1) is 8.15. The fourth-order valence-corrected chi connectivity index (χ4v) is 1.66. The van der Waals surface area contributed by atoms with Gasteiger partial charge in [0.1, 0.15) is 17.9 Å². The predicted octanol–water partition coefficient (Wildman–Crippen LogP) is 1.01. The Bertz CT molecular complexity index is 476. The minimum Gasteiger partial charge on any atom is -0.361 e. The van der Waals surface area contributed by atoms with Crippen molar-refractivity contribution in [2.45, 2.75) is 26.9 Å². The van der Waals surface area contributed by atoms with Crippen molar-refractivity contribution in [2.75, 3.05) is 13.6 Å². The fraction of sp³-hybridized carbons (Fsp3) is 0.545. The highest BCUT2D eigenvalue weighted by molar-refractivity contribution is 5.02. The van der Waals surface area contributed by atoms with Crippen LogP contribution in [0.1, 0.15) is 17.3 Å². The summed E-state index contributed by atoms with van der Waals surface area (Å²) in [6.07, 6.45) is 1.75. The molecule has 0 N–H and O–H groups in total. The molecule has 0 aromatic carbocycles. The van der Waals surface area contributed by atoms with E-state index < -0.39 is 0 Å². The molecule has 0 bridgehead atoms. The third-order valence-corrected chi connectivity index (χ3v) is 2.64. The molecule has 6 heteroatoms. The molecule has 0 saturated heterocycles. The molecule has 2 rings (SSSR count). The number of likely N-dealkylation sites (N-methyl/N-ethyl adjacent to an activating group) is 1. The highest BCUT2D eigenvalue weighted by atomic mass is 16.5. The summed E-state index contributed by atoms with van der Waals surface area (Å²) in [4.78, 5) is 2.19. The van der Waals surface area contributed by atoms with Gasteiger partial charge in [0.25, 0.3) is 0 Å². The molecule has 0 amide bonds. The molecule has 92 valence electrons. The predicted molar refractivity (Wildman–Crippen MR) is 62.3 cm³/mol. The lowest BCUT2D eigenvalue weighted by atomic mass is 10.3. The van der Waals surface area contributed by atoms with Crippen LogP contribution in [0.15, 0.2) is 16.9 Å². The third kappa shape index (κ3) is 3.13. The van der Waals surface area contributed by atoms with Crippen LogP contribution in [0.3, 0.4) is 0 Å². The fourth-order valence-electron chi connectivity index (χ4n) is 1.66. The first-order valence-electron chi connectivity index (χ1n) is 5.60. The summed E-state index contributed by atoms with van der Waals surface area (Å²) in [7, 11) is 2.06. The SMILES string of the molecule is Cc1cc(CN(C)CCn2cnnc2C)no1. The highest BCUT2D eigenvalue weighted by Crippen LogP contribution is 2.04. The van der Waals surface area contributed by atoms with E-state index in [2.05, 4.69) is 27.3 Å². The maximum atomic E-state index is 5.03. The Morgan fingerprint density at radius 3 is 2.82 bits per heavy atom. The van der Waals surface area contributed by atoms with Gasteiger partial charge in [0, 0.05) is 25.7 Å². The van der Waals surface area contributed by atoms with Gasteiger partial charge in [-0.05, 0) is 20.9 Å². The van der Waals surface area contributed by atoms with Crippen LogP contribution in [0.4, 0.5) is 0 Å². The monoisotopic (exact) mass is 235 g/mol. The highest BCUT2D eigenvalue weighted by Gasteiger charge is 2.05. The molecule has 0 unspecified atom stereocenters. The Kier molecular flexibility index (Phi) is 3.53. The molecule has 0 aliphatic rings. The van der Waals surface area contributed by atoms with Crippen molar-refractivity contribution in [1.82, 2.24) is 24.8 Å². The van der Waals surface area contributed by atoms with Gasteiger partial charge >= 0.3 is 0 Å². The largest absolute Gasteiger partial charge is 0.361 e. The first-order valence-corrected chi connectivity index (χ1v) is 5.60. The molecule has 0 spiro atoms. The van der Waals surface area contributed by atoms with Gasteiger partial charge in [-0.3, -0.25) is 4.90 Å². The number of nitrogens with zero attached hydrogens (tertiary/aromatic N) is 5. The van der Waals surface area contributed by atoms with Gasteiger partial charge in [-0.2, -0.15) is 0 Å². The van der Waals surface area contributed by atoms with E-state index in [-0.39, 0.29) is 0 Å². The van der Waals surface area contributed by atoms with Crippen molar-refractivity contribution in [1.29, 1.82) is 0 Å². The van der Waals surface area contributed by atoms with E-state index in [1.165, 1.54) is 0 Å². The van der Waals surface area contributed by atoms with Gasteiger partial charge < -0.3 is 9.09 Å². The van der Waals surface area contributed by atoms with Crippen molar-refractivity contribution >= 4 is 0 Å². The third-order valence-electron chi connectivity index (χ3n) is 2.64. The van der Waals surface area contributed by atoms with Crippen molar-refractivity contribution in [3.63, 3.8) is 0 Å². The summed E-state index contributed by atoms with van der Waals surface area (Å²) in [5, 5.41) is 11.8. The Morgan fingerprint density at radius 1 is 1.41 bits per heavy atom. The van der Waals surface area contributed by atoms with Gasteiger partial charge in [0.2, 0.25) is 0 Å². The Hall–Kier alpha value is -1.69. The molecule has 0 aliphatic heterocycles. The van der Waals surface area contributed by atoms with Crippen molar-refractivity contribution in [3.8, 4) is 0 Å². The van der Waals surface area contributed by atoms with Crippen LogP contribution in [0.5, 0.6) is 0 Å². The topological polar surface area (TPSA) is 60.0 Å². The second-order valence-electron chi connectivity index (χ2n) is 4.24. The van der Waals surface area contributed by atoms with Crippen LogP contribution in [0.25, 0.3) is 0 Å². The molecular formula is C11H17N5O. The summed E-state index contributed by atoms with van der Waals surface area (Å²) in [5.74, 6) is 1.79. The van der Waals surface area contributed by atoms with Crippen LogP contribution in [0, 0.1) is 13.8 Å². The van der Waals surface area contributed by atoms with E-state index in [0.717, 1.165) is 36.9 Å². The van der Waals surface area contributed by atoms with Crippen LogP contribution < -0.4 is 0 Å². The van der Waals surface area contributed by atoms with Crippen LogP contribution in [-0.2, 0) is 13.1 Å². The maximum Gasteiger partial charge on any atom is 0.133 e. The second-order valence-corrected chi connectivity index (χ2v) is 4.24. The van der Waals surface area contributed by atoms with Crippen LogP contribution in [-0.4, -0.2) is 38.4 Å². The summed E-state index contributed by atoms with van der Waals surface area (Å²) in [6.45, 7) is 6.44.